The quantitative estimate of drug-likeness (QED) is 0.757. The Labute approximate surface area is 152 Å². The van der Waals surface area contributed by atoms with Crippen molar-refractivity contribution >= 4 is 27.4 Å². The van der Waals surface area contributed by atoms with Gasteiger partial charge in [0.25, 0.3) is 11.7 Å². The number of ether oxygens (including phenoxy) is 1. The Balaban J connectivity index is 1.58. The molecule has 1 N–H and O–H groups in total. The van der Waals surface area contributed by atoms with Gasteiger partial charge in [0, 0.05) is 32.2 Å². The summed E-state index contributed by atoms with van der Waals surface area (Å²) in [7, 11) is -3.72. The van der Waals surface area contributed by atoms with Crippen LogP contribution >= 0.6 is 0 Å². The number of carbonyl (C=O) groups is 2. The number of rotatable bonds is 4. The first kappa shape index (κ1) is 17.6. The van der Waals surface area contributed by atoms with Gasteiger partial charge in [-0.05, 0) is 31.0 Å². The van der Waals surface area contributed by atoms with E-state index in [9.17, 15) is 18.0 Å². The molecule has 0 aliphatic carbocycles. The van der Waals surface area contributed by atoms with Crippen LogP contribution in [0.3, 0.4) is 0 Å². The lowest BCUT2D eigenvalue weighted by Crippen LogP contribution is -2.46. The largest absolute Gasteiger partial charge is 0.379 e. The highest BCUT2D eigenvalue weighted by molar-refractivity contribution is 7.89. The van der Waals surface area contributed by atoms with Crippen LogP contribution in [0.5, 0.6) is 0 Å². The summed E-state index contributed by atoms with van der Waals surface area (Å²) in [6.45, 7) is 4.13. The first-order valence-corrected chi connectivity index (χ1v) is 10.2. The van der Waals surface area contributed by atoms with Crippen LogP contribution in [0.2, 0.25) is 0 Å². The molecule has 140 valence electrons. The first-order chi connectivity index (χ1) is 12.5. The van der Waals surface area contributed by atoms with E-state index >= 15 is 0 Å². The zero-order chi connectivity index (χ0) is 18.3. The van der Waals surface area contributed by atoms with Crippen LogP contribution in [0.25, 0.3) is 0 Å². The van der Waals surface area contributed by atoms with Crippen molar-refractivity contribution in [2.75, 3.05) is 44.7 Å². The number of nitrogens with one attached hydrogen (secondary N) is 1. The number of hydrogen-bond acceptors (Lipinski definition) is 6. The van der Waals surface area contributed by atoms with Crippen molar-refractivity contribution in [2.45, 2.75) is 23.8 Å². The van der Waals surface area contributed by atoms with Crippen LogP contribution in [0.1, 0.15) is 23.2 Å². The van der Waals surface area contributed by atoms with Gasteiger partial charge in [0.2, 0.25) is 10.0 Å². The molecule has 1 aromatic rings. The van der Waals surface area contributed by atoms with Gasteiger partial charge >= 0.3 is 0 Å². The fourth-order valence-corrected chi connectivity index (χ4v) is 5.52. The molecule has 1 amide bonds. The highest BCUT2D eigenvalue weighted by atomic mass is 32.2. The Kier molecular flexibility index (Phi) is 4.55. The predicted molar refractivity (Wildman–Crippen MR) is 93.6 cm³/mol. The highest BCUT2D eigenvalue weighted by Gasteiger charge is 2.38. The molecule has 1 aromatic carbocycles. The molecular formula is C17H21N3O5S. The Hall–Kier alpha value is -1.81. The molecule has 3 aliphatic rings. The summed E-state index contributed by atoms with van der Waals surface area (Å²) in [4.78, 5) is 25.7. The number of amides is 1. The molecule has 0 spiro atoms. The van der Waals surface area contributed by atoms with Gasteiger partial charge in [0.1, 0.15) is 0 Å². The van der Waals surface area contributed by atoms with E-state index in [0.717, 1.165) is 25.9 Å². The standard InChI is InChI=1S/C17H21N3O5S/c21-16-14-10-13(3-4-15(14)18-17(16)22)26(23,24)20-5-1-2-12(20)11-19-6-8-25-9-7-19/h3-4,10,12H,1-2,5-9,11H2,(H,18,21,22)/t12-/m0/s1. The highest BCUT2D eigenvalue weighted by Crippen LogP contribution is 2.31. The second kappa shape index (κ2) is 6.73. The minimum atomic E-state index is -3.72. The van der Waals surface area contributed by atoms with Gasteiger partial charge in [-0.3, -0.25) is 14.5 Å². The molecule has 2 fully saturated rings. The Morgan fingerprint density at radius 1 is 1.15 bits per heavy atom. The Morgan fingerprint density at radius 2 is 1.92 bits per heavy atom. The average molecular weight is 379 g/mol. The lowest BCUT2D eigenvalue weighted by molar-refractivity contribution is -0.112. The van der Waals surface area contributed by atoms with E-state index in [1.54, 1.807) is 4.31 Å². The number of hydrogen-bond donors (Lipinski definition) is 1. The van der Waals surface area contributed by atoms with Crippen molar-refractivity contribution < 1.29 is 22.7 Å². The second-order valence-corrected chi connectivity index (χ2v) is 8.71. The second-order valence-electron chi connectivity index (χ2n) is 6.82. The number of benzene rings is 1. The topological polar surface area (TPSA) is 96.0 Å². The number of morpholine rings is 1. The summed E-state index contributed by atoms with van der Waals surface area (Å²) >= 11 is 0. The summed E-state index contributed by atoms with van der Waals surface area (Å²) in [6.07, 6.45) is 1.64. The normalized spacial score (nSPS) is 24.7. The molecule has 9 heteroatoms. The average Bonchev–Trinajstić information content (AvgIpc) is 3.21. The fraction of sp³-hybridized carbons (Fsp3) is 0.529. The summed E-state index contributed by atoms with van der Waals surface area (Å²) in [5.74, 6) is -1.41. The minimum Gasteiger partial charge on any atom is -0.379 e. The molecule has 0 saturated carbocycles. The first-order valence-electron chi connectivity index (χ1n) is 8.78. The molecular weight excluding hydrogens is 358 g/mol. The molecule has 2 saturated heterocycles. The molecule has 0 unspecified atom stereocenters. The van der Waals surface area contributed by atoms with Crippen LogP contribution in [0, 0.1) is 0 Å². The third kappa shape index (κ3) is 3.05. The molecule has 4 rings (SSSR count). The molecule has 3 heterocycles. The van der Waals surface area contributed by atoms with Gasteiger partial charge in [0.15, 0.2) is 0 Å². The van der Waals surface area contributed by atoms with E-state index in [1.807, 2.05) is 0 Å². The minimum absolute atomic E-state index is 0.0648. The van der Waals surface area contributed by atoms with Crippen molar-refractivity contribution in [1.82, 2.24) is 9.21 Å². The smallest absolute Gasteiger partial charge is 0.296 e. The van der Waals surface area contributed by atoms with Gasteiger partial charge in [-0.1, -0.05) is 0 Å². The van der Waals surface area contributed by atoms with Crippen LogP contribution in [-0.2, 0) is 19.6 Å². The maximum atomic E-state index is 13.1. The molecule has 26 heavy (non-hydrogen) atoms. The van der Waals surface area contributed by atoms with E-state index in [1.165, 1.54) is 18.2 Å². The number of Topliss-reactive ketones (excluding diaryl/α,β-unsaturated/α-hetero) is 1. The van der Waals surface area contributed by atoms with Crippen LogP contribution < -0.4 is 5.32 Å². The van der Waals surface area contributed by atoms with E-state index in [-0.39, 0.29) is 16.5 Å². The number of anilines is 1. The molecule has 0 bridgehead atoms. The maximum Gasteiger partial charge on any atom is 0.296 e. The lowest BCUT2D eigenvalue weighted by atomic mass is 10.1. The monoisotopic (exact) mass is 379 g/mol. The van der Waals surface area contributed by atoms with Crippen molar-refractivity contribution in [2.24, 2.45) is 0 Å². The third-order valence-electron chi connectivity index (χ3n) is 5.19. The number of nitrogens with zero attached hydrogens (tertiary/aromatic N) is 2. The van der Waals surface area contributed by atoms with E-state index in [4.69, 9.17) is 4.74 Å². The zero-order valence-electron chi connectivity index (χ0n) is 14.3. The molecule has 0 radical (unpaired) electrons. The Morgan fingerprint density at radius 3 is 2.69 bits per heavy atom. The summed E-state index contributed by atoms with van der Waals surface area (Å²) < 4.78 is 33.2. The molecule has 3 aliphatic heterocycles. The van der Waals surface area contributed by atoms with Crippen LogP contribution in [0.4, 0.5) is 5.69 Å². The van der Waals surface area contributed by atoms with Gasteiger partial charge in [-0.25, -0.2) is 8.42 Å². The number of carbonyl (C=O) groups excluding carboxylic acids is 2. The van der Waals surface area contributed by atoms with Crippen molar-refractivity contribution in [3.63, 3.8) is 0 Å². The van der Waals surface area contributed by atoms with Gasteiger partial charge in [-0.15, -0.1) is 0 Å². The van der Waals surface area contributed by atoms with Gasteiger partial charge < -0.3 is 10.1 Å². The van der Waals surface area contributed by atoms with Crippen LogP contribution in [0.15, 0.2) is 23.1 Å². The Bertz CT molecular complexity index is 848. The molecule has 1 atom stereocenters. The predicted octanol–water partition coefficient (Wildman–Crippen LogP) is 0.307. The van der Waals surface area contributed by atoms with Crippen molar-refractivity contribution in [1.29, 1.82) is 0 Å². The maximum absolute atomic E-state index is 13.1. The summed E-state index contributed by atoms with van der Waals surface area (Å²) in [5, 5.41) is 2.44. The zero-order valence-corrected chi connectivity index (χ0v) is 15.1. The molecule has 8 nitrogen and oxygen atoms in total. The van der Waals surface area contributed by atoms with E-state index < -0.39 is 21.7 Å². The van der Waals surface area contributed by atoms with E-state index in [2.05, 4.69) is 10.2 Å². The van der Waals surface area contributed by atoms with Crippen molar-refractivity contribution in [3.8, 4) is 0 Å². The fourth-order valence-electron chi connectivity index (χ4n) is 3.81. The van der Waals surface area contributed by atoms with Gasteiger partial charge in [-0.2, -0.15) is 4.31 Å². The lowest BCUT2D eigenvalue weighted by Gasteiger charge is -2.32. The van der Waals surface area contributed by atoms with Crippen molar-refractivity contribution in [3.05, 3.63) is 23.8 Å². The number of ketones is 1. The number of fused-ring (bicyclic) bond motifs is 1. The summed E-state index contributed by atoms with van der Waals surface area (Å²) in [5.41, 5.74) is 0.491. The van der Waals surface area contributed by atoms with Crippen LogP contribution in [-0.4, -0.2) is 74.7 Å². The third-order valence-corrected chi connectivity index (χ3v) is 7.14. The van der Waals surface area contributed by atoms with E-state index in [0.29, 0.717) is 32.0 Å². The van der Waals surface area contributed by atoms with Gasteiger partial charge in [0.05, 0.1) is 29.4 Å². The SMILES string of the molecule is O=C1Nc2ccc(S(=O)(=O)N3CCC[C@H]3CN3CCOCC3)cc2C1=O. The summed E-state index contributed by atoms with van der Waals surface area (Å²) in [6, 6.07) is 4.17. The molecule has 0 aromatic heterocycles. The number of sulfonamides is 1.